The minimum atomic E-state index is -0.237. The molecule has 3 aromatic rings. The van der Waals surface area contributed by atoms with Crippen LogP contribution < -0.4 is 10.2 Å². The number of nitrogens with one attached hydrogen (secondary N) is 1. The van der Waals surface area contributed by atoms with Crippen LogP contribution in [0.25, 0.3) is 10.2 Å². The summed E-state index contributed by atoms with van der Waals surface area (Å²) in [5.74, 6) is -0.139. The SMILES string of the molecule is Cc1cc(C)cc(NC(=O)C2CCN(c3nc4ccc(F)cc4s3)CC2)c1. The third kappa shape index (κ3) is 3.95. The van der Waals surface area contributed by atoms with E-state index in [-0.39, 0.29) is 17.6 Å². The van der Waals surface area contributed by atoms with E-state index in [4.69, 9.17) is 0 Å². The van der Waals surface area contributed by atoms with E-state index in [1.165, 1.54) is 23.5 Å². The first-order chi connectivity index (χ1) is 13.0. The molecule has 0 spiro atoms. The van der Waals surface area contributed by atoms with Crippen LogP contribution in [0, 0.1) is 25.6 Å². The van der Waals surface area contributed by atoms with Gasteiger partial charge in [0.25, 0.3) is 0 Å². The molecule has 1 amide bonds. The number of anilines is 2. The molecular weight excluding hydrogens is 361 g/mol. The number of carbonyl (C=O) groups is 1. The van der Waals surface area contributed by atoms with Crippen LogP contribution in [-0.4, -0.2) is 24.0 Å². The molecule has 1 fully saturated rings. The number of piperidine rings is 1. The van der Waals surface area contributed by atoms with Crippen molar-refractivity contribution >= 4 is 38.3 Å². The number of fused-ring (bicyclic) bond motifs is 1. The average Bonchev–Trinajstić information content (AvgIpc) is 3.04. The summed E-state index contributed by atoms with van der Waals surface area (Å²) >= 11 is 1.51. The second kappa shape index (κ2) is 7.27. The molecular formula is C21H22FN3OS. The molecule has 0 saturated carbocycles. The van der Waals surface area contributed by atoms with Gasteiger partial charge in [-0.05, 0) is 68.1 Å². The standard InChI is InChI=1S/C21H22FN3OS/c1-13-9-14(2)11-17(10-13)23-20(26)15-5-7-25(8-6-15)21-24-18-4-3-16(22)12-19(18)27-21/h3-4,9-12,15H,5-8H2,1-2H3,(H,23,26). The van der Waals surface area contributed by atoms with Gasteiger partial charge in [-0.2, -0.15) is 0 Å². The van der Waals surface area contributed by atoms with Gasteiger partial charge in [-0.25, -0.2) is 9.37 Å². The van der Waals surface area contributed by atoms with Crippen LogP contribution in [0.5, 0.6) is 0 Å². The molecule has 4 rings (SSSR count). The van der Waals surface area contributed by atoms with Gasteiger partial charge in [-0.15, -0.1) is 0 Å². The number of aromatic nitrogens is 1. The minimum Gasteiger partial charge on any atom is -0.348 e. The quantitative estimate of drug-likeness (QED) is 0.699. The largest absolute Gasteiger partial charge is 0.348 e. The number of aryl methyl sites for hydroxylation is 2. The molecule has 1 N–H and O–H groups in total. The Labute approximate surface area is 162 Å². The first-order valence-corrected chi connectivity index (χ1v) is 10.00. The van der Waals surface area contributed by atoms with Gasteiger partial charge in [0.2, 0.25) is 5.91 Å². The highest BCUT2D eigenvalue weighted by Gasteiger charge is 2.26. The molecule has 1 aliphatic rings. The first-order valence-electron chi connectivity index (χ1n) is 9.18. The van der Waals surface area contributed by atoms with Crippen molar-refractivity contribution in [1.29, 1.82) is 0 Å². The maximum Gasteiger partial charge on any atom is 0.227 e. The van der Waals surface area contributed by atoms with Crippen LogP contribution in [-0.2, 0) is 4.79 Å². The highest BCUT2D eigenvalue weighted by Crippen LogP contribution is 2.32. The Bertz CT molecular complexity index is 972. The number of thiazole rings is 1. The summed E-state index contributed by atoms with van der Waals surface area (Å²) in [6.45, 7) is 5.64. The predicted octanol–water partition coefficient (Wildman–Crippen LogP) is 4.91. The second-order valence-electron chi connectivity index (χ2n) is 7.24. The zero-order valence-electron chi connectivity index (χ0n) is 15.5. The Kier molecular flexibility index (Phi) is 4.83. The van der Waals surface area contributed by atoms with E-state index in [0.717, 1.165) is 58.1 Å². The predicted molar refractivity (Wildman–Crippen MR) is 109 cm³/mol. The third-order valence-corrected chi connectivity index (χ3v) is 6.04. The number of nitrogens with zero attached hydrogens (tertiary/aromatic N) is 2. The maximum atomic E-state index is 13.4. The number of hydrogen-bond donors (Lipinski definition) is 1. The summed E-state index contributed by atoms with van der Waals surface area (Å²) in [5.41, 5.74) is 3.99. The molecule has 140 valence electrons. The van der Waals surface area contributed by atoms with E-state index in [0.29, 0.717) is 0 Å². The lowest BCUT2D eigenvalue weighted by Crippen LogP contribution is -2.38. The zero-order chi connectivity index (χ0) is 19.0. The number of halogens is 1. The maximum absolute atomic E-state index is 13.4. The van der Waals surface area contributed by atoms with Crippen molar-refractivity contribution in [3.63, 3.8) is 0 Å². The molecule has 27 heavy (non-hydrogen) atoms. The summed E-state index contributed by atoms with van der Waals surface area (Å²) in [4.78, 5) is 19.4. The van der Waals surface area contributed by atoms with Gasteiger partial charge in [0, 0.05) is 24.7 Å². The molecule has 1 saturated heterocycles. The van der Waals surface area contributed by atoms with E-state index < -0.39 is 0 Å². The molecule has 6 heteroatoms. The topological polar surface area (TPSA) is 45.2 Å². The van der Waals surface area contributed by atoms with Crippen molar-refractivity contribution in [2.24, 2.45) is 5.92 Å². The van der Waals surface area contributed by atoms with Gasteiger partial charge in [0.1, 0.15) is 5.82 Å². The van der Waals surface area contributed by atoms with Crippen LogP contribution in [0.4, 0.5) is 15.2 Å². The van der Waals surface area contributed by atoms with Crippen molar-refractivity contribution < 1.29 is 9.18 Å². The van der Waals surface area contributed by atoms with E-state index in [1.54, 1.807) is 6.07 Å². The van der Waals surface area contributed by atoms with Gasteiger partial charge in [-0.3, -0.25) is 4.79 Å². The summed E-state index contributed by atoms with van der Waals surface area (Å²) in [5, 5.41) is 3.97. The number of amides is 1. The van der Waals surface area contributed by atoms with Crippen LogP contribution >= 0.6 is 11.3 Å². The molecule has 1 aliphatic heterocycles. The highest BCUT2D eigenvalue weighted by molar-refractivity contribution is 7.22. The molecule has 0 atom stereocenters. The van der Waals surface area contributed by atoms with Gasteiger partial charge in [0.15, 0.2) is 5.13 Å². The smallest absolute Gasteiger partial charge is 0.227 e. The van der Waals surface area contributed by atoms with Crippen LogP contribution in [0.1, 0.15) is 24.0 Å². The van der Waals surface area contributed by atoms with Gasteiger partial charge in [0.05, 0.1) is 10.2 Å². The molecule has 0 aliphatic carbocycles. The zero-order valence-corrected chi connectivity index (χ0v) is 16.3. The second-order valence-corrected chi connectivity index (χ2v) is 8.24. The van der Waals surface area contributed by atoms with E-state index in [9.17, 15) is 9.18 Å². The first kappa shape index (κ1) is 17.9. The molecule has 2 heterocycles. The number of carbonyl (C=O) groups excluding carboxylic acids is 1. The van der Waals surface area contributed by atoms with Crippen LogP contribution in [0.15, 0.2) is 36.4 Å². The molecule has 0 unspecified atom stereocenters. The van der Waals surface area contributed by atoms with Crippen LogP contribution in [0.3, 0.4) is 0 Å². The van der Waals surface area contributed by atoms with Crippen LogP contribution in [0.2, 0.25) is 0 Å². The van der Waals surface area contributed by atoms with Gasteiger partial charge >= 0.3 is 0 Å². The van der Waals surface area contributed by atoms with Gasteiger partial charge < -0.3 is 10.2 Å². The molecule has 1 aromatic heterocycles. The van der Waals surface area contributed by atoms with Crippen molar-refractivity contribution in [3.8, 4) is 0 Å². The third-order valence-electron chi connectivity index (χ3n) is 4.96. The summed E-state index contributed by atoms with van der Waals surface area (Å²) in [6.07, 6.45) is 1.59. The van der Waals surface area contributed by atoms with Crippen molar-refractivity contribution in [2.45, 2.75) is 26.7 Å². The van der Waals surface area contributed by atoms with E-state index in [2.05, 4.69) is 21.3 Å². The fraction of sp³-hybridized carbons (Fsp3) is 0.333. The Morgan fingerprint density at radius 2 is 1.85 bits per heavy atom. The number of rotatable bonds is 3. The average molecular weight is 383 g/mol. The van der Waals surface area contributed by atoms with Gasteiger partial charge in [-0.1, -0.05) is 17.4 Å². The highest BCUT2D eigenvalue weighted by atomic mass is 32.1. The van der Waals surface area contributed by atoms with Crippen molar-refractivity contribution in [2.75, 3.05) is 23.3 Å². The molecule has 0 radical (unpaired) electrons. The molecule has 0 bridgehead atoms. The normalized spacial score (nSPS) is 15.3. The Hall–Kier alpha value is -2.47. The van der Waals surface area contributed by atoms with Crippen molar-refractivity contribution in [1.82, 2.24) is 4.98 Å². The van der Waals surface area contributed by atoms with Crippen molar-refractivity contribution in [3.05, 3.63) is 53.3 Å². The number of hydrogen-bond acceptors (Lipinski definition) is 4. The fourth-order valence-electron chi connectivity index (χ4n) is 3.65. The lowest BCUT2D eigenvalue weighted by Gasteiger charge is -2.31. The van der Waals surface area contributed by atoms with E-state index >= 15 is 0 Å². The summed E-state index contributed by atoms with van der Waals surface area (Å²) in [7, 11) is 0. The Balaban J connectivity index is 1.39. The summed E-state index contributed by atoms with van der Waals surface area (Å²) < 4.78 is 14.2. The minimum absolute atomic E-state index is 0.00823. The lowest BCUT2D eigenvalue weighted by atomic mass is 9.96. The monoisotopic (exact) mass is 383 g/mol. The molecule has 2 aromatic carbocycles. The summed E-state index contributed by atoms with van der Waals surface area (Å²) in [6, 6.07) is 10.8. The Morgan fingerprint density at radius 1 is 1.15 bits per heavy atom. The van der Waals surface area contributed by atoms with E-state index in [1.807, 2.05) is 26.0 Å². The Morgan fingerprint density at radius 3 is 2.56 bits per heavy atom. The fourth-order valence-corrected chi connectivity index (χ4v) is 4.69. The molecule has 4 nitrogen and oxygen atoms in total. The lowest BCUT2D eigenvalue weighted by molar-refractivity contribution is -0.120. The number of benzene rings is 2.